The lowest BCUT2D eigenvalue weighted by molar-refractivity contribution is -0.134. The van der Waals surface area contributed by atoms with E-state index in [0.717, 1.165) is 12.0 Å². The van der Waals surface area contributed by atoms with E-state index in [2.05, 4.69) is 0 Å². The van der Waals surface area contributed by atoms with E-state index in [1.165, 1.54) is 6.07 Å². The molecule has 0 spiro atoms. The number of nitrogens with two attached hydrogens (primary N) is 1. The molecule has 2 atom stereocenters. The Morgan fingerprint density at radius 3 is 2.83 bits per heavy atom. The summed E-state index contributed by atoms with van der Waals surface area (Å²) in [6.07, 6.45) is 0.863. The second kappa shape index (κ2) is 5.06. The van der Waals surface area contributed by atoms with Crippen molar-refractivity contribution in [2.75, 3.05) is 0 Å². The highest BCUT2D eigenvalue weighted by molar-refractivity contribution is 5.82. The van der Waals surface area contributed by atoms with Crippen molar-refractivity contribution in [3.8, 4) is 0 Å². The van der Waals surface area contributed by atoms with Gasteiger partial charge in [-0.15, -0.1) is 0 Å². The molecule has 1 amide bonds. The molecule has 1 aromatic carbocycles. The van der Waals surface area contributed by atoms with E-state index in [1.807, 2.05) is 19.9 Å². The topological polar surface area (TPSA) is 46.3 Å². The molecule has 4 heteroatoms. The zero-order chi connectivity index (χ0) is 13.3. The minimum absolute atomic E-state index is 0.0834. The Morgan fingerprint density at radius 1 is 1.50 bits per heavy atom. The van der Waals surface area contributed by atoms with Crippen molar-refractivity contribution in [1.82, 2.24) is 4.90 Å². The van der Waals surface area contributed by atoms with Crippen molar-refractivity contribution < 1.29 is 9.18 Å². The average Bonchev–Trinajstić information content (AvgIpc) is 2.81. The van der Waals surface area contributed by atoms with E-state index in [4.69, 9.17) is 5.73 Å². The quantitative estimate of drug-likeness (QED) is 0.892. The molecule has 1 heterocycles. The summed E-state index contributed by atoms with van der Waals surface area (Å²) in [7, 11) is 0. The number of halogens is 1. The van der Waals surface area contributed by atoms with E-state index in [-0.39, 0.29) is 17.6 Å². The Kier molecular flexibility index (Phi) is 3.66. The molecule has 0 aliphatic carbocycles. The molecule has 0 radical (unpaired) electrons. The monoisotopic (exact) mass is 250 g/mol. The largest absolute Gasteiger partial charge is 0.333 e. The zero-order valence-corrected chi connectivity index (χ0v) is 10.8. The molecule has 0 bridgehead atoms. The fraction of sp³-hybridized carbons (Fsp3) is 0.500. The van der Waals surface area contributed by atoms with Crippen LogP contribution in [0.25, 0.3) is 0 Å². The third-order valence-corrected chi connectivity index (χ3v) is 3.78. The zero-order valence-electron chi connectivity index (χ0n) is 10.8. The molecule has 0 fully saturated rings. The first-order valence-electron chi connectivity index (χ1n) is 6.35. The summed E-state index contributed by atoms with van der Waals surface area (Å²) >= 11 is 0. The minimum atomic E-state index is -0.493. The lowest BCUT2D eigenvalue weighted by Crippen LogP contribution is -2.45. The summed E-state index contributed by atoms with van der Waals surface area (Å²) in [4.78, 5) is 13.8. The highest BCUT2D eigenvalue weighted by Gasteiger charge is 2.30. The van der Waals surface area contributed by atoms with Gasteiger partial charge >= 0.3 is 0 Å². The summed E-state index contributed by atoms with van der Waals surface area (Å²) in [5.41, 5.74) is 7.45. The molecule has 18 heavy (non-hydrogen) atoms. The Bertz CT molecular complexity index is 461. The van der Waals surface area contributed by atoms with E-state index >= 15 is 0 Å². The van der Waals surface area contributed by atoms with Crippen LogP contribution in [0.3, 0.4) is 0 Å². The van der Waals surface area contributed by atoms with Gasteiger partial charge in [0.25, 0.3) is 0 Å². The third kappa shape index (κ3) is 2.25. The second-order valence-electron chi connectivity index (χ2n) is 4.98. The smallest absolute Gasteiger partial charge is 0.240 e. The normalized spacial score (nSPS) is 17.4. The predicted molar refractivity (Wildman–Crippen MR) is 68.1 cm³/mol. The van der Waals surface area contributed by atoms with Crippen molar-refractivity contribution >= 4 is 5.91 Å². The van der Waals surface area contributed by atoms with Crippen molar-refractivity contribution in [3.63, 3.8) is 0 Å². The van der Waals surface area contributed by atoms with Crippen LogP contribution in [-0.2, 0) is 17.9 Å². The first kappa shape index (κ1) is 13.0. The number of hydrogen-bond donors (Lipinski definition) is 1. The van der Waals surface area contributed by atoms with E-state index in [1.54, 1.807) is 11.0 Å². The van der Waals surface area contributed by atoms with Crippen LogP contribution in [0.5, 0.6) is 0 Å². The van der Waals surface area contributed by atoms with Gasteiger partial charge in [0.05, 0.1) is 6.04 Å². The van der Waals surface area contributed by atoms with Crippen molar-refractivity contribution in [2.45, 2.75) is 39.4 Å². The summed E-state index contributed by atoms with van der Waals surface area (Å²) in [6.45, 7) is 4.78. The molecule has 0 saturated heterocycles. The number of hydrogen-bond acceptors (Lipinski definition) is 2. The molecular weight excluding hydrogens is 231 g/mol. The van der Waals surface area contributed by atoms with Gasteiger partial charge in [0.1, 0.15) is 5.82 Å². The number of rotatable bonds is 3. The van der Waals surface area contributed by atoms with Gasteiger partial charge in [0.15, 0.2) is 0 Å². The summed E-state index contributed by atoms with van der Waals surface area (Å²) < 4.78 is 13.6. The number of carbonyl (C=O) groups excluding carboxylic acids is 1. The van der Waals surface area contributed by atoms with Gasteiger partial charge in [0.2, 0.25) is 5.91 Å². The number of amides is 1. The SMILES string of the molecule is CC[C@H](C)[C@H](N)C(=O)N1Cc2cccc(F)c2C1. The Hall–Kier alpha value is -1.42. The number of nitrogens with zero attached hydrogens (tertiary/aromatic N) is 1. The van der Waals surface area contributed by atoms with Gasteiger partial charge in [-0.1, -0.05) is 32.4 Å². The standard InChI is InChI=1S/C14H19FN2O/c1-3-9(2)13(16)14(18)17-7-10-5-4-6-12(15)11(10)8-17/h4-6,9,13H,3,7-8,16H2,1-2H3/t9-,13-/m0/s1. The lowest BCUT2D eigenvalue weighted by Gasteiger charge is -2.23. The maximum absolute atomic E-state index is 13.6. The maximum atomic E-state index is 13.6. The van der Waals surface area contributed by atoms with E-state index in [0.29, 0.717) is 18.7 Å². The van der Waals surface area contributed by atoms with Crippen LogP contribution < -0.4 is 5.73 Å². The summed E-state index contributed by atoms with van der Waals surface area (Å²) in [5, 5.41) is 0. The number of benzene rings is 1. The van der Waals surface area contributed by atoms with Gasteiger partial charge in [-0.25, -0.2) is 4.39 Å². The Labute approximate surface area is 107 Å². The number of fused-ring (bicyclic) bond motifs is 1. The highest BCUT2D eigenvalue weighted by Crippen LogP contribution is 2.26. The van der Waals surface area contributed by atoms with Crippen LogP contribution >= 0.6 is 0 Å². The number of carbonyl (C=O) groups is 1. The maximum Gasteiger partial charge on any atom is 0.240 e. The fourth-order valence-electron chi connectivity index (χ4n) is 2.24. The molecule has 1 aliphatic rings. The van der Waals surface area contributed by atoms with Crippen LogP contribution in [0.15, 0.2) is 18.2 Å². The molecule has 3 nitrogen and oxygen atoms in total. The molecule has 1 aliphatic heterocycles. The van der Waals surface area contributed by atoms with Crippen LogP contribution in [0.2, 0.25) is 0 Å². The Morgan fingerprint density at radius 2 is 2.22 bits per heavy atom. The van der Waals surface area contributed by atoms with Crippen LogP contribution in [-0.4, -0.2) is 16.8 Å². The molecule has 0 aromatic heterocycles. The molecule has 98 valence electrons. The molecule has 2 rings (SSSR count). The summed E-state index contributed by atoms with van der Waals surface area (Å²) in [6, 6.07) is 4.48. The second-order valence-corrected chi connectivity index (χ2v) is 4.98. The van der Waals surface area contributed by atoms with Gasteiger partial charge in [-0.05, 0) is 17.5 Å². The average molecular weight is 250 g/mol. The van der Waals surface area contributed by atoms with Crippen LogP contribution in [0.4, 0.5) is 4.39 Å². The molecule has 2 N–H and O–H groups in total. The minimum Gasteiger partial charge on any atom is -0.333 e. The van der Waals surface area contributed by atoms with Gasteiger partial charge in [-0.2, -0.15) is 0 Å². The van der Waals surface area contributed by atoms with Gasteiger partial charge in [-0.3, -0.25) is 4.79 Å². The van der Waals surface area contributed by atoms with E-state index < -0.39 is 6.04 Å². The van der Waals surface area contributed by atoms with Gasteiger partial charge < -0.3 is 10.6 Å². The lowest BCUT2D eigenvalue weighted by atomic mass is 9.99. The van der Waals surface area contributed by atoms with Crippen molar-refractivity contribution in [1.29, 1.82) is 0 Å². The van der Waals surface area contributed by atoms with Crippen molar-refractivity contribution in [3.05, 3.63) is 35.1 Å². The molecular formula is C14H19FN2O. The highest BCUT2D eigenvalue weighted by atomic mass is 19.1. The Balaban J connectivity index is 2.11. The first-order chi connectivity index (χ1) is 8.54. The van der Waals surface area contributed by atoms with Gasteiger partial charge in [0, 0.05) is 18.7 Å². The van der Waals surface area contributed by atoms with Crippen molar-refractivity contribution in [2.24, 2.45) is 11.7 Å². The first-order valence-corrected chi connectivity index (χ1v) is 6.35. The third-order valence-electron chi connectivity index (χ3n) is 3.78. The van der Waals surface area contributed by atoms with E-state index in [9.17, 15) is 9.18 Å². The molecule has 1 aromatic rings. The fourth-order valence-corrected chi connectivity index (χ4v) is 2.24. The molecule has 0 saturated carbocycles. The van der Waals surface area contributed by atoms with Crippen LogP contribution in [0.1, 0.15) is 31.4 Å². The molecule has 0 unspecified atom stereocenters. The van der Waals surface area contributed by atoms with Crippen LogP contribution in [0, 0.1) is 11.7 Å². The predicted octanol–water partition coefficient (Wildman–Crippen LogP) is 2.04. The summed E-state index contributed by atoms with van der Waals surface area (Å²) in [5.74, 6) is -0.175.